The summed E-state index contributed by atoms with van der Waals surface area (Å²) in [5.74, 6) is 0.548. The first kappa shape index (κ1) is 9.08. The van der Waals surface area contributed by atoms with Crippen LogP contribution in [0.2, 0.25) is 0 Å². The Labute approximate surface area is 63.3 Å². The topological polar surface area (TPSA) is 0 Å². The fourth-order valence-corrected chi connectivity index (χ4v) is 0.369. The summed E-state index contributed by atoms with van der Waals surface area (Å²) in [5, 5.41) is 0. The van der Waals surface area contributed by atoms with Crippen LogP contribution in [0, 0.1) is 5.92 Å². The Hall–Kier alpha value is -0.920. The van der Waals surface area contributed by atoms with Gasteiger partial charge in [0.25, 0.3) is 0 Å². The molecule has 0 aliphatic carbocycles. The van der Waals surface area contributed by atoms with E-state index in [2.05, 4.69) is 31.0 Å². The van der Waals surface area contributed by atoms with Crippen LogP contribution in [0.5, 0.6) is 0 Å². The highest BCUT2D eigenvalue weighted by Crippen LogP contribution is 1.89. The molecule has 10 heavy (non-hydrogen) atoms. The van der Waals surface area contributed by atoms with Gasteiger partial charge in [0, 0.05) is 0 Å². The Kier molecular flexibility index (Phi) is 4.46. The van der Waals surface area contributed by atoms with Crippen molar-refractivity contribution in [1.82, 2.24) is 0 Å². The molecule has 0 saturated heterocycles. The van der Waals surface area contributed by atoms with E-state index in [0.717, 1.165) is 5.57 Å². The molecule has 0 aromatic carbocycles. The summed E-state index contributed by atoms with van der Waals surface area (Å²) >= 11 is 0. The van der Waals surface area contributed by atoms with Crippen molar-refractivity contribution in [3.05, 3.63) is 28.8 Å². The van der Waals surface area contributed by atoms with Crippen molar-refractivity contribution < 1.29 is 0 Å². The fourth-order valence-electron chi connectivity index (χ4n) is 0.369. The molecule has 0 heteroatoms. The first-order valence-electron chi connectivity index (χ1n) is 3.53. The van der Waals surface area contributed by atoms with Crippen LogP contribution in [0.4, 0.5) is 0 Å². The van der Waals surface area contributed by atoms with Crippen molar-refractivity contribution in [2.75, 3.05) is 0 Å². The van der Waals surface area contributed by atoms with E-state index in [1.54, 1.807) is 0 Å². The van der Waals surface area contributed by atoms with Crippen LogP contribution in [0.1, 0.15) is 27.7 Å². The van der Waals surface area contributed by atoms with Gasteiger partial charge in [-0.2, -0.15) is 0 Å². The monoisotopic (exact) mass is 134 g/mol. The van der Waals surface area contributed by atoms with E-state index in [9.17, 15) is 0 Å². The Balaban J connectivity index is 4.39. The van der Waals surface area contributed by atoms with Crippen LogP contribution in [0.15, 0.2) is 28.8 Å². The van der Waals surface area contributed by atoms with Gasteiger partial charge in [-0.1, -0.05) is 25.3 Å². The number of hydrogen-bond donors (Lipinski definition) is 0. The second-order valence-corrected chi connectivity index (χ2v) is 2.81. The summed E-state index contributed by atoms with van der Waals surface area (Å²) in [6.45, 7) is 8.20. The molecule has 54 valence electrons. The van der Waals surface area contributed by atoms with Crippen LogP contribution in [-0.4, -0.2) is 0 Å². The molecule has 0 fully saturated rings. The van der Waals surface area contributed by atoms with Gasteiger partial charge in [-0.05, 0) is 37.1 Å². The van der Waals surface area contributed by atoms with Gasteiger partial charge in [0.15, 0.2) is 0 Å². The highest BCUT2D eigenvalue weighted by molar-refractivity contribution is 4.95. The summed E-state index contributed by atoms with van der Waals surface area (Å²) in [5.41, 5.74) is 9.79. The molecule has 0 unspecified atom stereocenters. The zero-order chi connectivity index (χ0) is 7.98. The third kappa shape index (κ3) is 7.08. The van der Waals surface area contributed by atoms with E-state index in [4.69, 9.17) is 0 Å². The molecule has 0 heterocycles. The minimum absolute atomic E-state index is 0.548. The lowest BCUT2D eigenvalue weighted by Crippen LogP contribution is -1.72. The molecule has 0 aromatic rings. The molecule has 0 amide bonds. The number of rotatable bonds is 1. The average molecular weight is 134 g/mol. The van der Waals surface area contributed by atoms with E-state index in [1.165, 1.54) is 0 Å². The van der Waals surface area contributed by atoms with Crippen molar-refractivity contribution in [3.8, 4) is 0 Å². The van der Waals surface area contributed by atoms with Crippen molar-refractivity contribution in [2.45, 2.75) is 27.7 Å². The van der Waals surface area contributed by atoms with E-state index < -0.39 is 0 Å². The molecule has 0 nitrogen and oxygen atoms in total. The predicted molar refractivity (Wildman–Crippen MR) is 44.8 cm³/mol. The summed E-state index contributed by atoms with van der Waals surface area (Å²) in [7, 11) is 0. The van der Waals surface area contributed by atoms with Gasteiger partial charge in [-0.25, -0.2) is 0 Å². The molecular formula is C10H14. The van der Waals surface area contributed by atoms with Crippen molar-refractivity contribution in [1.29, 1.82) is 0 Å². The molecule has 0 bridgehead atoms. The van der Waals surface area contributed by atoms with Crippen LogP contribution < -0.4 is 0 Å². The second-order valence-electron chi connectivity index (χ2n) is 2.81. The Morgan fingerprint density at radius 1 is 1.30 bits per heavy atom. The molecule has 0 N–H and O–H groups in total. The number of hydrogen-bond acceptors (Lipinski definition) is 0. The van der Waals surface area contributed by atoms with E-state index in [1.807, 2.05) is 19.9 Å². The van der Waals surface area contributed by atoms with Gasteiger partial charge in [-0.15, -0.1) is 0 Å². The highest BCUT2D eigenvalue weighted by atomic mass is 13.8. The van der Waals surface area contributed by atoms with Crippen molar-refractivity contribution >= 4 is 0 Å². The predicted octanol–water partition coefficient (Wildman–Crippen LogP) is 3.07. The molecule has 0 aromatic heterocycles. The SMILES string of the molecule is CC(C)=C=C=C=CC(C)C. The Morgan fingerprint density at radius 3 is 2.30 bits per heavy atom. The molecule has 0 spiro atoms. The standard InChI is InChI=1S/C10H14/c1-9(2)7-5-6-8-10(3)4/h7,9H,1-4H3. The van der Waals surface area contributed by atoms with Gasteiger partial charge in [0.2, 0.25) is 0 Å². The van der Waals surface area contributed by atoms with Gasteiger partial charge >= 0.3 is 0 Å². The zero-order valence-electron chi connectivity index (χ0n) is 7.15. The van der Waals surface area contributed by atoms with E-state index in [-0.39, 0.29) is 0 Å². The third-order valence-electron chi connectivity index (χ3n) is 0.801. The minimum atomic E-state index is 0.548. The second kappa shape index (κ2) is 4.91. The molecule has 0 aliphatic heterocycles. The Bertz CT molecular complexity index is 208. The average Bonchev–Trinajstić information content (AvgIpc) is 1.79. The van der Waals surface area contributed by atoms with Gasteiger partial charge in [0.1, 0.15) is 0 Å². The van der Waals surface area contributed by atoms with E-state index in [0.29, 0.717) is 5.92 Å². The van der Waals surface area contributed by atoms with Crippen molar-refractivity contribution in [2.24, 2.45) is 5.92 Å². The van der Waals surface area contributed by atoms with Crippen LogP contribution in [0.3, 0.4) is 0 Å². The quantitative estimate of drug-likeness (QED) is 0.483. The fraction of sp³-hybridized carbons (Fsp3) is 0.500. The lowest BCUT2D eigenvalue weighted by Gasteiger charge is -1.84. The molecule has 0 radical (unpaired) electrons. The van der Waals surface area contributed by atoms with Gasteiger partial charge in [-0.3, -0.25) is 0 Å². The summed E-state index contributed by atoms with van der Waals surface area (Å²) in [6.07, 6.45) is 1.97. The maximum Gasteiger partial charge on any atom is -0.0194 e. The van der Waals surface area contributed by atoms with Crippen molar-refractivity contribution in [3.63, 3.8) is 0 Å². The minimum Gasteiger partial charge on any atom is -0.0656 e. The summed E-state index contributed by atoms with van der Waals surface area (Å²) < 4.78 is 0. The maximum absolute atomic E-state index is 2.93. The molecule has 0 atom stereocenters. The molecule has 0 rings (SSSR count). The molecule has 0 saturated carbocycles. The van der Waals surface area contributed by atoms with Crippen LogP contribution in [-0.2, 0) is 0 Å². The van der Waals surface area contributed by atoms with Crippen LogP contribution in [0.25, 0.3) is 0 Å². The van der Waals surface area contributed by atoms with Crippen LogP contribution >= 0.6 is 0 Å². The zero-order valence-corrected chi connectivity index (χ0v) is 7.15. The number of allylic oxidation sites excluding steroid dienone is 2. The van der Waals surface area contributed by atoms with E-state index >= 15 is 0 Å². The van der Waals surface area contributed by atoms with Gasteiger partial charge in [0.05, 0.1) is 0 Å². The largest absolute Gasteiger partial charge is 0.0656 e. The Morgan fingerprint density at radius 2 is 1.90 bits per heavy atom. The lowest BCUT2D eigenvalue weighted by molar-refractivity contribution is 0.833. The third-order valence-corrected chi connectivity index (χ3v) is 0.801. The summed E-state index contributed by atoms with van der Waals surface area (Å²) in [6, 6.07) is 0. The first-order chi connectivity index (χ1) is 4.63. The van der Waals surface area contributed by atoms with Gasteiger partial charge < -0.3 is 0 Å². The smallest absolute Gasteiger partial charge is 0.0194 e. The maximum atomic E-state index is 2.93. The normalized spacial score (nSPS) is 7.70. The lowest BCUT2D eigenvalue weighted by atomic mass is 10.2. The summed E-state index contributed by atoms with van der Waals surface area (Å²) in [4.78, 5) is 0. The molecule has 0 aliphatic rings. The first-order valence-corrected chi connectivity index (χ1v) is 3.53. The highest BCUT2D eigenvalue weighted by Gasteiger charge is 1.77. The molecular weight excluding hydrogens is 120 g/mol.